The SMILES string of the molecule is CCOC(=O)C(C(=O)Nc1ccc(Cl)cc1)(c1ccccc1)c1ccccc1.CCOC(=O)CC(=O)Nc1ccc(Cl)cc1.C[Si](C)(C)c1ccccc1OS(=O)(=O)C(F)(F)F. The highest BCUT2D eigenvalue weighted by molar-refractivity contribution is 7.88. The molecule has 5 aromatic carbocycles. The van der Waals surface area contributed by atoms with Gasteiger partial charge in [0.2, 0.25) is 5.91 Å². The summed E-state index contributed by atoms with van der Waals surface area (Å²) < 4.78 is 72.9. The van der Waals surface area contributed by atoms with E-state index >= 15 is 0 Å². The van der Waals surface area contributed by atoms with Gasteiger partial charge in [-0.3, -0.25) is 19.2 Å². The Balaban J connectivity index is 0.000000262. The fourth-order valence-corrected chi connectivity index (χ4v) is 7.81. The number of esters is 2. The van der Waals surface area contributed by atoms with E-state index in [1.807, 2.05) is 31.8 Å². The molecule has 0 aliphatic heterocycles. The Bertz CT molecular complexity index is 2330. The lowest BCUT2D eigenvalue weighted by Gasteiger charge is -2.31. The number of ether oxygens (including phenoxy) is 2. The van der Waals surface area contributed by atoms with Crippen LogP contribution in [0.3, 0.4) is 0 Å². The fourth-order valence-electron chi connectivity index (χ4n) is 5.54. The van der Waals surface area contributed by atoms with Crippen molar-refractivity contribution >= 4 is 81.7 Å². The van der Waals surface area contributed by atoms with Gasteiger partial charge in [0.1, 0.15) is 12.2 Å². The second-order valence-corrected chi connectivity index (χ2v) is 21.4. The largest absolute Gasteiger partial charge is 0.534 e. The topological polar surface area (TPSA) is 154 Å². The maximum Gasteiger partial charge on any atom is 0.534 e. The van der Waals surface area contributed by atoms with Gasteiger partial charge in [-0.2, -0.15) is 21.6 Å². The lowest BCUT2D eigenvalue weighted by molar-refractivity contribution is -0.151. The highest BCUT2D eigenvalue weighted by Gasteiger charge is 2.51. The normalized spacial score (nSPS) is 11.3. The van der Waals surface area contributed by atoms with Gasteiger partial charge in [-0.1, -0.05) is 122 Å². The summed E-state index contributed by atoms with van der Waals surface area (Å²) in [4.78, 5) is 49.2. The van der Waals surface area contributed by atoms with Crippen molar-refractivity contribution in [1.29, 1.82) is 0 Å². The van der Waals surface area contributed by atoms with Crippen molar-refractivity contribution in [3.8, 4) is 5.75 Å². The number of carbonyl (C=O) groups excluding carboxylic acids is 4. The summed E-state index contributed by atoms with van der Waals surface area (Å²) in [5.41, 5.74) is -4.86. The second kappa shape index (κ2) is 23.0. The number of rotatable bonds is 13. The molecule has 18 heteroatoms. The molecular formula is C44H45Cl2F3N2O9SSi. The summed E-state index contributed by atoms with van der Waals surface area (Å²) in [6, 6.07) is 37.1. The molecule has 0 bridgehead atoms. The minimum atomic E-state index is -5.61. The third-order valence-corrected chi connectivity index (χ3v) is 11.9. The minimum absolute atomic E-state index is 0.161. The zero-order valence-corrected chi connectivity index (χ0v) is 37.6. The molecule has 2 N–H and O–H groups in total. The quantitative estimate of drug-likeness (QED) is 0.0386. The number of hydrogen-bond acceptors (Lipinski definition) is 9. The molecule has 0 fully saturated rings. The van der Waals surface area contributed by atoms with Crippen LogP contribution in [0.4, 0.5) is 24.5 Å². The third-order valence-electron chi connectivity index (χ3n) is 8.35. The summed E-state index contributed by atoms with van der Waals surface area (Å²) in [6.07, 6.45) is -0.281. The van der Waals surface area contributed by atoms with Crippen LogP contribution < -0.4 is 20.0 Å². The fraction of sp³-hybridized carbons (Fsp3) is 0.227. The first-order chi connectivity index (χ1) is 29.1. The average molecular weight is 934 g/mol. The molecule has 0 saturated heterocycles. The van der Waals surface area contributed by atoms with E-state index < -0.39 is 52.9 Å². The Morgan fingerprint density at radius 1 is 0.629 bits per heavy atom. The number of amides is 2. The molecule has 5 rings (SSSR count). The molecule has 11 nitrogen and oxygen atoms in total. The molecule has 330 valence electrons. The molecule has 0 aromatic heterocycles. The van der Waals surface area contributed by atoms with E-state index in [1.54, 1.807) is 123 Å². The first-order valence-electron chi connectivity index (χ1n) is 18.8. The molecule has 0 spiro atoms. The number of carbonyl (C=O) groups is 4. The van der Waals surface area contributed by atoms with Crippen LogP contribution in [0.1, 0.15) is 31.4 Å². The smallest absolute Gasteiger partial charge is 0.466 e. The van der Waals surface area contributed by atoms with Gasteiger partial charge in [0.25, 0.3) is 5.91 Å². The van der Waals surface area contributed by atoms with Crippen molar-refractivity contribution in [1.82, 2.24) is 0 Å². The van der Waals surface area contributed by atoms with Crippen LogP contribution in [0.25, 0.3) is 0 Å². The minimum Gasteiger partial charge on any atom is -0.466 e. The van der Waals surface area contributed by atoms with Gasteiger partial charge >= 0.3 is 27.6 Å². The van der Waals surface area contributed by atoms with E-state index in [-0.39, 0.29) is 25.4 Å². The molecule has 0 radical (unpaired) electrons. The number of benzene rings is 5. The Hall–Kier alpha value is -5.68. The van der Waals surface area contributed by atoms with Crippen molar-refractivity contribution < 1.29 is 54.4 Å². The van der Waals surface area contributed by atoms with E-state index in [1.165, 1.54) is 12.1 Å². The number of para-hydroxylation sites is 1. The standard InChI is InChI=1S/C23H20ClNO3.C11H12ClNO3.C10H13F3O3SSi/c1-2-28-22(27)23(17-9-5-3-6-10-17,18-11-7-4-8-12-18)21(26)25-20-15-13-19(24)14-16-20;1-2-16-11(15)7-10(14)13-9-5-3-8(12)4-6-9;1-18(2,3)9-7-5-4-6-8(9)16-17(14,15)10(11,12)13/h3-16H,2H2,1H3,(H,25,26);3-6H,2,7H2,1H3,(H,13,14);4-7H,1-3H3. The number of nitrogens with one attached hydrogen (secondary N) is 2. The Labute approximate surface area is 369 Å². The third kappa shape index (κ3) is 14.5. The number of alkyl halides is 3. The van der Waals surface area contributed by atoms with Crippen LogP contribution in [0.2, 0.25) is 29.7 Å². The Morgan fingerprint density at radius 3 is 1.50 bits per heavy atom. The maximum atomic E-state index is 13.6. The van der Waals surface area contributed by atoms with Crippen LogP contribution >= 0.6 is 23.2 Å². The first-order valence-corrected chi connectivity index (χ1v) is 24.5. The van der Waals surface area contributed by atoms with Crippen molar-refractivity contribution in [2.75, 3.05) is 23.8 Å². The van der Waals surface area contributed by atoms with Crippen LogP contribution in [0.5, 0.6) is 5.75 Å². The lowest BCUT2D eigenvalue weighted by Crippen LogP contribution is -2.49. The summed E-state index contributed by atoms with van der Waals surface area (Å²) in [5.74, 6) is -2.30. The average Bonchev–Trinajstić information content (AvgIpc) is 3.21. The van der Waals surface area contributed by atoms with Gasteiger partial charge in [-0.25, -0.2) is 0 Å². The van der Waals surface area contributed by atoms with E-state index in [0.29, 0.717) is 37.7 Å². The molecule has 0 aliphatic carbocycles. The Kier molecular flexibility index (Phi) is 18.8. The Morgan fingerprint density at radius 2 is 1.06 bits per heavy atom. The molecule has 0 heterocycles. The van der Waals surface area contributed by atoms with Gasteiger partial charge in [-0.05, 0) is 84.8 Å². The van der Waals surface area contributed by atoms with Gasteiger partial charge in [-0.15, -0.1) is 0 Å². The van der Waals surface area contributed by atoms with Gasteiger partial charge in [0, 0.05) is 21.4 Å². The van der Waals surface area contributed by atoms with Gasteiger partial charge in [0.05, 0.1) is 21.3 Å². The first kappa shape index (κ1) is 50.7. The van der Waals surface area contributed by atoms with E-state index in [4.69, 9.17) is 27.9 Å². The van der Waals surface area contributed by atoms with E-state index in [0.717, 1.165) is 0 Å². The predicted molar refractivity (Wildman–Crippen MR) is 237 cm³/mol. The maximum absolute atomic E-state index is 13.6. The second-order valence-electron chi connectivity index (χ2n) is 13.9. The van der Waals surface area contributed by atoms with Crippen LogP contribution in [0.15, 0.2) is 133 Å². The highest BCUT2D eigenvalue weighted by atomic mass is 35.5. The molecule has 2 amide bonds. The summed E-state index contributed by atoms with van der Waals surface area (Å²) in [7, 11) is -7.60. The van der Waals surface area contributed by atoms with Crippen molar-refractivity contribution in [2.24, 2.45) is 0 Å². The van der Waals surface area contributed by atoms with Crippen LogP contribution in [0, 0.1) is 0 Å². The van der Waals surface area contributed by atoms with Crippen molar-refractivity contribution in [2.45, 2.75) is 50.8 Å². The molecule has 0 aliphatic rings. The summed E-state index contributed by atoms with van der Waals surface area (Å²) >= 11 is 11.6. The monoisotopic (exact) mass is 932 g/mol. The predicted octanol–water partition coefficient (Wildman–Crippen LogP) is 9.52. The number of anilines is 2. The van der Waals surface area contributed by atoms with Gasteiger partial charge < -0.3 is 24.3 Å². The van der Waals surface area contributed by atoms with E-state index in [2.05, 4.69) is 19.6 Å². The molecule has 62 heavy (non-hydrogen) atoms. The van der Waals surface area contributed by atoms with Crippen LogP contribution in [-0.4, -0.2) is 59.0 Å². The van der Waals surface area contributed by atoms with Crippen molar-refractivity contribution in [3.63, 3.8) is 0 Å². The summed E-state index contributed by atoms with van der Waals surface area (Å²) in [5, 5.41) is 7.08. The zero-order valence-electron chi connectivity index (χ0n) is 34.3. The van der Waals surface area contributed by atoms with Crippen LogP contribution in [-0.2, 0) is 44.2 Å². The zero-order chi connectivity index (χ0) is 46.1. The van der Waals surface area contributed by atoms with Gasteiger partial charge in [0.15, 0.2) is 5.41 Å². The molecule has 0 saturated carbocycles. The number of halogens is 5. The molecule has 0 unspecified atom stereocenters. The summed E-state index contributed by atoms with van der Waals surface area (Å²) in [6.45, 7) is 9.49. The highest BCUT2D eigenvalue weighted by Crippen LogP contribution is 2.36. The molecule has 5 aromatic rings. The van der Waals surface area contributed by atoms with Crippen molar-refractivity contribution in [3.05, 3.63) is 155 Å². The van der Waals surface area contributed by atoms with E-state index in [9.17, 15) is 40.8 Å². The number of hydrogen-bond donors (Lipinski definition) is 2. The molecular weight excluding hydrogens is 889 g/mol. The lowest BCUT2D eigenvalue weighted by atomic mass is 9.73. The molecule has 0 atom stereocenters.